The number of benzene rings is 1. The van der Waals surface area contributed by atoms with Crippen molar-refractivity contribution in [1.29, 1.82) is 0 Å². The SMILES string of the molecule is CCCCN(C(=O)C(CC(N)=O)NC(=O)OC(C)(C)C)C(C(=O)NC(C)C)c1ccc(C)c(C)c1. The van der Waals surface area contributed by atoms with E-state index in [0.717, 1.165) is 17.5 Å². The van der Waals surface area contributed by atoms with Crippen LogP contribution in [0.1, 0.15) is 83.5 Å². The van der Waals surface area contributed by atoms with Crippen LogP contribution in [0.3, 0.4) is 0 Å². The first-order valence-electron chi connectivity index (χ1n) is 12.1. The van der Waals surface area contributed by atoms with Crippen molar-refractivity contribution in [2.45, 2.75) is 98.4 Å². The van der Waals surface area contributed by atoms with Gasteiger partial charge in [-0.25, -0.2) is 4.79 Å². The normalized spacial score (nSPS) is 13.1. The van der Waals surface area contributed by atoms with E-state index in [0.29, 0.717) is 12.0 Å². The molecule has 35 heavy (non-hydrogen) atoms. The zero-order valence-corrected chi connectivity index (χ0v) is 22.4. The molecule has 1 aromatic carbocycles. The zero-order valence-electron chi connectivity index (χ0n) is 22.4. The molecule has 0 bridgehead atoms. The van der Waals surface area contributed by atoms with Gasteiger partial charge in [0, 0.05) is 12.6 Å². The molecule has 0 spiro atoms. The number of aryl methyl sites for hydroxylation is 2. The first-order chi connectivity index (χ1) is 16.2. The van der Waals surface area contributed by atoms with E-state index < -0.39 is 42.0 Å². The summed E-state index contributed by atoms with van der Waals surface area (Å²) in [7, 11) is 0. The third-order valence-corrected chi connectivity index (χ3v) is 5.27. The number of unbranched alkanes of at least 4 members (excludes halogenated alkanes) is 1. The van der Waals surface area contributed by atoms with Crippen molar-refractivity contribution in [3.8, 4) is 0 Å². The van der Waals surface area contributed by atoms with Crippen molar-refractivity contribution < 1.29 is 23.9 Å². The van der Waals surface area contributed by atoms with Gasteiger partial charge in [-0.1, -0.05) is 31.5 Å². The van der Waals surface area contributed by atoms with Gasteiger partial charge in [0.25, 0.3) is 0 Å². The number of amides is 4. The van der Waals surface area contributed by atoms with E-state index in [1.165, 1.54) is 4.90 Å². The number of alkyl carbamates (subject to hydrolysis) is 1. The second-order valence-electron chi connectivity index (χ2n) is 10.2. The van der Waals surface area contributed by atoms with Crippen LogP contribution in [0.5, 0.6) is 0 Å². The van der Waals surface area contributed by atoms with Gasteiger partial charge in [0.15, 0.2) is 0 Å². The average Bonchev–Trinajstić information content (AvgIpc) is 2.70. The summed E-state index contributed by atoms with van der Waals surface area (Å²) in [5.41, 5.74) is 7.28. The maximum atomic E-state index is 13.8. The second-order valence-corrected chi connectivity index (χ2v) is 10.2. The van der Waals surface area contributed by atoms with Crippen LogP contribution in [0.2, 0.25) is 0 Å². The highest BCUT2D eigenvalue weighted by Crippen LogP contribution is 2.26. The Balaban J connectivity index is 3.51. The molecule has 4 N–H and O–H groups in total. The highest BCUT2D eigenvalue weighted by Gasteiger charge is 2.37. The molecule has 0 saturated carbocycles. The van der Waals surface area contributed by atoms with Gasteiger partial charge in [0.2, 0.25) is 17.7 Å². The molecule has 2 atom stereocenters. The fourth-order valence-corrected chi connectivity index (χ4v) is 3.52. The Morgan fingerprint density at radius 2 is 1.69 bits per heavy atom. The lowest BCUT2D eigenvalue weighted by atomic mass is 9.97. The molecule has 196 valence electrons. The van der Waals surface area contributed by atoms with Crippen LogP contribution >= 0.6 is 0 Å². The minimum atomic E-state index is -1.28. The first-order valence-corrected chi connectivity index (χ1v) is 12.1. The van der Waals surface area contributed by atoms with Crippen molar-refractivity contribution >= 4 is 23.8 Å². The molecule has 0 aliphatic rings. The summed E-state index contributed by atoms with van der Waals surface area (Å²) in [4.78, 5) is 52.9. The highest BCUT2D eigenvalue weighted by molar-refractivity contribution is 5.94. The number of primary amides is 1. The fourth-order valence-electron chi connectivity index (χ4n) is 3.52. The summed E-state index contributed by atoms with van der Waals surface area (Å²) in [6.45, 7) is 14.9. The fraction of sp³-hybridized carbons (Fsp3) is 0.615. The molecule has 4 amide bonds. The third-order valence-electron chi connectivity index (χ3n) is 5.27. The number of carbonyl (C=O) groups is 4. The van der Waals surface area contributed by atoms with Crippen LogP contribution in [0.25, 0.3) is 0 Å². The average molecular weight is 491 g/mol. The lowest BCUT2D eigenvalue weighted by Gasteiger charge is -2.35. The van der Waals surface area contributed by atoms with Crippen molar-refractivity contribution in [3.63, 3.8) is 0 Å². The van der Waals surface area contributed by atoms with E-state index >= 15 is 0 Å². The molecule has 0 saturated heterocycles. The van der Waals surface area contributed by atoms with Crippen LogP contribution < -0.4 is 16.4 Å². The van der Waals surface area contributed by atoms with Gasteiger partial charge >= 0.3 is 6.09 Å². The number of nitrogens with two attached hydrogens (primary N) is 1. The predicted octanol–water partition coefficient (Wildman–Crippen LogP) is 3.27. The molecule has 0 fully saturated rings. The molecular formula is C26H42N4O5. The summed E-state index contributed by atoms with van der Waals surface area (Å²) >= 11 is 0. The Kier molecular flexibility index (Phi) is 11.2. The smallest absolute Gasteiger partial charge is 0.408 e. The Morgan fingerprint density at radius 1 is 1.06 bits per heavy atom. The first kappa shape index (κ1) is 29.9. The maximum absolute atomic E-state index is 13.8. The van der Waals surface area contributed by atoms with E-state index in [1.807, 2.05) is 52.8 Å². The van der Waals surface area contributed by atoms with Gasteiger partial charge in [0.05, 0.1) is 6.42 Å². The molecule has 0 aliphatic carbocycles. The van der Waals surface area contributed by atoms with E-state index in [1.54, 1.807) is 20.8 Å². The quantitative estimate of drug-likeness (QED) is 0.438. The predicted molar refractivity (Wildman–Crippen MR) is 136 cm³/mol. The van der Waals surface area contributed by atoms with Crippen LogP contribution in [-0.4, -0.2) is 52.9 Å². The highest BCUT2D eigenvalue weighted by atomic mass is 16.6. The van der Waals surface area contributed by atoms with Crippen LogP contribution in [-0.2, 0) is 19.1 Å². The standard InChI is InChI=1S/C26H42N4O5/c1-9-10-13-30(24(33)20(15-21(27)31)29-25(34)35-26(6,7)8)22(23(32)28-16(2)3)19-12-11-17(4)18(5)14-19/h11-12,14,16,20,22H,9-10,13,15H2,1-8H3,(H2,27,31)(H,28,32)(H,29,34). The number of hydrogen-bond donors (Lipinski definition) is 3. The molecule has 0 heterocycles. The minimum Gasteiger partial charge on any atom is -0.444 e. The molecule has 0 aromatic heterocycles. The van der Waals surface area contributed by atoms with E-state index in [4.69, 9.17) is 10.5 Å². The number of nitrogens with zero attached hydrogens (tertiary/aromatic N) is 1. The molecule has 1 rings (SSSR count). The van der Waals surface area contributed by atoms with Gasteiger partial charge in [-0.3, -0.25) is 14.4 Å². The lowest BCUT2D eigenvalue weighted by Crippen LogP contribution is -2.54. The maximum Gasteiger partial charge on any atom is 0.408 e. The Hall–Kier alpha value is -3.10. The molecule has 9 heteroatoms. The van der Waals surface area contributed by atoms with Gasteiger partial charge in [0.1, 0.15) is 17.7 Å². The monoisotopic (exact) mass is 490 g/mol. The van der Waals surface area contributed by atoms with E-state index in [2.05, 4.69) is 10.6 Å². The molecule has 1 aromatic rings. The van der Waals surface area contributed by atoms with E-state index in [9.17, 15) is 19.2 Å². The summed E-state index contributed by atoms with van der Waals surface area (Å²) in [5.74, 6) is -1.68. The summed E-state index contributed by atoms with van der Waals surface area (Å²) in [6, 6.07) is 3.23. The summed E-state index contributed by atoms with van der Waals surface area (Å²) in [5, 5.41) is 5.39. The number of carbonyl (C=O) groups excluding carboxylic acids is 4. The van der Waals surface area contributed by atoms with Crippen LogP contribution in [0.4, 0.5) is 4.79 Å². The summed E-state index contributed by atoms with van der Waals surface area (Å²) < 4.78 is 5.28. The Bertz CT molecular complexity index is 907. The Labute approximate surface area is 209 Å². The van der Waals surface area contributed by atoms with Crippen molar-refractivity contribution in [3.05, 3.63) is 34.9 Å². The molecule has 2 unspecified atom stereocenters. The topological polar surface area (TPSA) is 131 Å². The summed E-state index contributed by atoms with van der Waals surface area (Å²) in [6.07, 6.45) is 0.126. The largest absolute Gasteiger partial charge is 0.444 e. The zero-order chi connectivity index (χ0) is 26.9. The van der Waals surface area contributed by atoms with Gasteiger partial charge in [-0.05, 0) is 71.6 Å². The number of ether oxygens (including phenoxy) is 1. The van der Waals surface area contributed by atoms with Gasteiger partial charge in [-0.2, -0.15) is 0 Å². The molecular weight excluding hydrogens is 448 g/mol. The van der Waals surface area contributed by atoms with Gasteiger partial charge < -0.3 is 26.0 Å². The molecule has 9 nitrogen and oxygen atoms in total. The third kappa shape index (κ3) is 9.96. The van der Waals surface area contributed by atoms with E-state index in [-0.39, 0.29) is 18.5 Å². The molecule has 0 aliphatic heterocycles. The number of nitrogens with one attached hydrogen (secondary N) is 2. The Morgan fingerprint density at radius 3 is 2.17 bits per heavy atom. The number of hydrogen-bond acceptors (Lipinski definition) is 5. The van der Waals surface area contributed by atoms with Crippen molar-refractivity contribution in [1.82, 2.24) is 15.5 Å². The lowest BCUT2D eigenvalue weighted by molar-refractivity contribution is -0.143. The minimum absolute atomic E-state index is 0.152. The van der Waals surface area contributed by atoms with Crippen molar-refractivity contribution in [2.24, 2.45) is 5.73 Å². The molecule has 0 radical (unpaired) electrons. The van der Waals surface area contributed by atoms with Crippen LogP contribution in [0, 0.1) is 13.8 Å². The van der Waals surface area contributed by atoms with Crippen LogP contribution in [0.15, 0.2) is 18.2 Å². The second kappa shape index (κ2) is 13.1. The number of rotatable bonds is 11. The van der Waals surface area contributed by atoms with Crippen molar-refractivity contribution in [2.75, 3.05) is 6.54 Å². The van der Waals surface area contributed by atoms with Gasteiger partial charge in [-0.15, -0.1) is 0 Å².